The maximum Gasteiger partial charge on any atom is 0.416 e. The molecule has 2 rings (SSSR count). The monoisotopic (exact) mass is 310 g/mol. The van der Waals surface area contributed by atoms with Crippen molar-refractivity contribution in [2.24, 2.45) is 0 Å². The van der Waals surface area contributed by atoms with E-state index >= 15 is 0 Å². The number of hydrogen-bond acceptors (Lipinski definition) is 2. The Morgan fingerprint density at radius 1 is 1.09 bits per heavy atom. The lowest BCUT2D eigenvalue weighted by Gasteiger charge is -2.09. The maximum atomic E-state index is 12.4. The fourth-order valence-electron chi connectivity index (χ4n) is 1.75. The molecule has 0 atom stereocenters. The van der Waals surface area contributed by atoms with Crippen molar-refractivity contribution < 1.29 is 23.1 Å². The van der Waals surface area contributed by atoms with Crippen LogP contribution in [0, 0.1) is 0 Å². The number of urea groups is 1. The molecule has 0 aliphatic rings. The van der Waals surface area contributed by atoms with Crippen LogP contribution in [0.5, 0.6) is 5.75 Å². The van der Waals surface area contributed by atoms with Gasteiger partial charge in [0.25, 0.3) is 0 Å². The molecule has 0 aliphatic heterocycles. The SMILES string of the molecule is O=C(NCc1ccc(C(F)(F)F)cc1)Nc1cccc(O)c1. The zero-order valence-corrected chi connectivity index (χ0v) is 11.3. The van der Waals surface area contributed by atoms with Gasteiger partial charge in [-0.1, -0.05) is 18.2 Å². The van der Waals surface area contributed by atoms with E-state index in [1.165, 1.54) is 24.3 Å². The number of hydrogen-bond donors (Lipinski definition) is 3. The van der Waals surface area contributed by atoms with E-state index in [-0.39, 0.29) is 12.3 Å². The second-order valence-electron chi connectivity index (χ2n) is 4.55. The molecule has 0 spiro atoms. The molecule has 0 aliphatic carbocycles. The summed E-state index contributed by atoms with van der Waals surface area (Å²) < 4.78 is 37.2. The Kier molecular flexibility index (Phi) is 4.55. The second-order valence-corrected chi connectivity index (χ2v) is 4.55. The van der Waals surface area contributed by atoms with E-state index in [2.05, 4.69) is 10.6 Å². The average Bonchev–Trinajstić information content (AvgIpc) is 2.45. The lowest BCUT2D eigenvalue weighted by atomic mass is 10.1. The first-order valence-corrected chi connectivity index (χ1v) is 6.34. The fourth-order valence-corrected chi connectivity index (χ4v) is 1.75. The number of carbonyl (C=O) groups excluding carboxylic acids is 1. The van der Waals surface area contributed by atoms with E-state index in [4.69, 9.17) is 0 Å². The number of aromatic hydroxyl groups is 1. The van der Waals surface area contributed by atoms with E-state index in [1.54, 1.807) is 12.1 Å². The van der Waals surface area contributed by atoms with Crippen molar-refractivity contribution in [2.45, 2.75) is 12.7 Å². The van der Waals surface area contributed by atoms with E-state index in [0.29, 0.717) is 11.3 Å². The first kappa shape index (κ1) is 15.7. The number of phenolic OH excluding ortho intramolecular Hbond substituents is 1. The van der Waals surface area contributed by atoms with Crippen LogP contribution in [0.1, 0.15) is 11.1 Å². The third kappa shape index (κ3) is 4.41. The average molecular weight is 310 g/mol. The summed E-state index contributed by atoms with van der Waals surface area (Å²) in [4.78, 5) is 11.6. The van der Waals surface area contributed by atoms with Gasteiger partial charge in [-0.05, 0) is 29.8 Å². The number of halogens is 3. The summed E-state index contributed by atoms with van der Waals surface area (Å²) in [5.41, 5.74) is 0.212. The van der Waals surface area contributed by atoms with E-state index in [9.17, 15) is 23.1 Å². The van der Waals surface area contributed by atoms with Gasteiger partial charge in [0.05, 0.1) is 5.56 Å². The minimum atomic E-state index is -4.38. The lowest BCUT2D eigenvalue weighted by Crippen LogP contribution is -2.28. The van der Waals surface area contributed by atoms with Gasteiger partial charge in [0, 0.05) is 18.3 Å². The fraction of sp³-hybridized carbons (Fsp3) is 0.133. The first-order valence-electron chi connectivity index (χ1n) is 6.34. The highest BCUT2D eigenvalue weighted by molar-refractivity contribution is 5.89. The van der Waals surface area contributed by atoms with Gasteiger partial charge in [-0.15, -0.1) is 0 Å². The summed E-state index contributed by atoms with van der Waals surface area (Å²) in [6.07, 6.45) is -4.38. The van der Waals surface area contributed by atoms with Crippen LogP contribution in [-0.4, -0.2) is 11.1 Å². The van der Waals surface area contributed by atoms with E-state index in [0.717, 1.165) is 12.1 Å². The van der Waals surface area contributed by atoms with Crippen LogP contribution in [-0.2, 0) is 12.7 Å². The Labute approximate surface area is 124 Å². The highest BCUT2D eigenvalue weighted by Crippen LogP contribution is 2.29. The van der Waals surface area contributed by atoms with Crippen molar-refractivity contribution in [1.29, 1.82) is 0 Å². The van der Waals surface area contributed by atoms with Crippen LogP contribution in [0.2, 0.25) is 0 Å². The van der Waals surface area contributed by atoms with Gasteiger partial charge in [0.1, 0.15) is 5.75 Å². The number of anilines is 1. The molecule has 116 valence electrons. The Bertz CT molecular complexity index is 655. The summed E-state index contributed by atoms with van der Waals surface area (Å²) >= 11 is 0. The molecule has 2 aromatic carbocycles. The van der Waals surface area contributed by atoms with Crippen LogP contribution in [0.4, 0.5) is 23.7 Å². The molecule has 0 heterocycles. The quantitative estimate of drug-likeness (QED) is 0.809. The molecule has 0 bridgehead atoms. The zero-order chi connectivity index (χ0) is 16.2. The molecule has 2 amide bonds. The molecule has 0 unspecified atom stereocenters. The van der Waals surface area contributed by atoms with Gasteiger partial charge in [0.2, 0.25) is 0 Å². The van der Waals surface area contributed by atoms with Crippen molar-refractivity contribution in [2.75, 3.05) is 5.32 Å². The molecular formula is C15H13F3N2O2. The molecular weight excluding hydrogens is 297 g/mol. The lowest BCUT2D eigenvalue weighted by molar-refractivity contribution is -0.137. The summed E-state index contributed by atoms with van der Waals surface area (Å²) in [7, 11) is 0. The summed E-state index contributed by atoms with van der Waals surface area (Å²) in [6.45, 7) is 0.0861. The highest BCUT2D eigenvalue weighted by Gasteiger charge is 2.29. The number of phenols is 1. The Morgan fingerprint density at radius 2 is 1.77 bits per heavy atom. The van der Waals surface area contributed by atoms with Gasteiger partial charge >= 0.3 is 12.2 Å². The maximum absolute atomic E-state index is 12.4. The molecule has 2 aromatic rings. The van der Waals surface area contributed by atoms with Crippen molar-refractivity contribution in [3.63, 3.8) is 0 Å². The summed E-state index contributed by atoms with van der Waals surface area (Å²) in [5.74, 6) is 0.0144. The Balaban J connectivity index is 1.88. The molecule has 0 fully saturated rings. The molecule has 0 saturated heterocycles. The number of amides is 2. The number of nitrogens with one attached hydrogen (secondary N) is 2. The van der Waals surface area contributed by atoms with Crippen molar-refractivity contribution in [3.05, 3.63) is 59.7 Å². The molecule has 22 heavy (non-hydrogen) atoms. The highest BCUT2D eigenvalue weighted by atomic mass is 19.4. The van der Waals surface area contributed by atoms with Crippen molar-refractivity contribution in [1.82, 2.24) is 5.32 Å². The number of carbonyl (C=O) groups is 1. The Morgan fingerprint density at radius 3 is 2.36 bits per heavy atom. The zero-order valence-electron chi connectivity index (χ0n) is 11.3. The number of rotatable bonds is 3. The van der Waals surface area contributed by atoms with E-state index in [1.807, 2.05) is 0 Å². The third-order valence-electron chi connectivity index (χ3n) is 2.84. The van der Waals surface area contributed by atoms with Crippen LogP contribution in [0.3, 0.4) is 0 Å². The molecule has 4 nitrogen and oxygen atoms in total. The van der Waals surface area contributed by atoms with Gasteiger partial charge < -0.3 is 15.7 Å². The topological polar surface area (TPSA) is 61.4 Å². The predicted octanol–water partition coefficient (Wildman–Crippen LogP) is 3.73. The largest absolute Gasteiger partial charge is 0.508 e. The van der Waals surface area contributed by atoms with Gasteiger partial charge in [-0.3, -0.25) is 0 Å². The normalized spacial score (nSPS) is 11.0. The number of alkyl halides is 3. The number of benzene rings is 2. The first-order chi connectivity index (χ1) is 10.3. The second kappa shape index (κ2) is 6.38. The molecule has 0 radical (unpaired) electrons. The molecule has 0 saturated carbocycles. The predicted molar refractivity (Wildman–Crippen MR) is 75.4 cm³/mol. The Hall–Kier alpha value is -2.70. The van der Waals surface area contributed by atoms with Gasteiger partial charge in [-0.2, -0.15) is 13.2 Å². The van der Waals surface area contributed by atoms with Crippen molar-refractivity contribution >= 4 is 11.7 Å². The summed E-state index contributed by atoms with van der Waals surface area (Å²) in [5, 5.41) is 14.3. The third-order valence-corrected chi connectivity index (χ3v) is 2.84. The van der Waals surface area contributed by atoms with Crippen LogP contribution in [0.15, 0.2) is 48.5 Å². The van der Waals surface area contributed by atoms with Crippen molar-refractivity contribution in [3.8, 4) is 5.75 Å². The van der Waals surface area contributed by atoms with Gasteiger partial charge in [-0.25, -0.2) is 4.79 Å². The minimum Gasteiger partial charge on any atom is -0.508 e. The van der Waals surface area contributed by atoms with Crippen LogP contribution >= 0.6 is 0 Å². The van der Waals surface area contributed by atoms with E-state index < -0.39 is 17.8 Å². The van der Waals surface area contributed by atoms with Crippen LogP contribution in [0.25, 0.3) is 0 Å². The summed E-state index contributed by atoms with van der Waals surface area (Å²) in [6, 6.07) is 10.0. The molecule has 3 N–H and O–H groups in total. The molecule has 7 heteroatoms. The van der Waals surface area contributed by atoms with Crippen LogP contribution < -0.4 is 10.6 Å². The smallest absolute Gasteiger partial charge is 0.416 e. The minimum absolute atomic E-state index is 0.0144. The molecule has 0 aromatic heterocycles. The standard InChI is InChI=1S/C15H13F3N2O2/c16-15(17,18)11-6-4-10(5-7-11)9-19-14(22)20-12-2-1-3-13(21)8-12/h1-8,21H,9H2,(H2,19,20,22). The van der Waals surface area contributed by atoms with Gasteiger partial charge in [0.15, 0.2) is 0 Å².